The molecule has 3 aromatic rings. The highest BCUT2D eigenvalue weighted by Crippen LogP contribution is 2.33. The van der Waals surface area contributed by atoms with Crippen molar-refractivity contribution in [1.82, 2.24) is 15.4 Å². The normalized spacial score (nSPS) is 10.5. The van der Waals surface area contributed by atoms with Crippen molar-refractivity contribution in [2.24, 2.45) is 0 Å². The van der Waals surface area contributed by atoms with Gasteiger partial charge in [-0.2, -0.15) is 0 Å². The number of methoxy groups -OCH3 is 1. The molecule has 2 N–H and O–H groups in total. The van der Waals surface area contributed by atoms with Gasteiger partial charge in [-0.1, -0.05) is 0 Å². The van der Waals surface area contributed by atoms with Gasteiger partial charge < -0.3 is 9.47 Å². The molecule has 27 heavy (non-hydrogen) atoms. The lowest BCUT2D eigenvalue weighted by molar-refractivity contribution is 0.0531. The number of carbonyl (C=O) groups is 2. The number of hydrogen-bond donors (Lipinski definition) is 2. The Hall–Kier alpha value is -3.20. The van der Waals surface area contributed by atoms with Crippen LogP contribution in [0.15, 0.2) is 30.6 Å². The number of nitrogens with one attached hydrogen (secondary N) is 2. The molecule has 8 nitrogen and oxygen atoms in total. The molecule has 1 aromatic carbocycles. The minimum absolute atomic E-state index is 0.293. The van der Waals surface area contributed by atoms with Crippen LogP contribution in [0, 0.1) is 6.92 Å². The molecule has 0 fully saturated rings. The van der Waals surface area contributed by atoms with Gasteiger partial charge in [-0.3, -0.25) is 15.6 Å². The van der Waals surface area contributed by atoms with E-state index in [1.54, 1.807) is 45.2 Å². The zero-order valence-corrected chi connectivity index (χ0v) is 15.8. The van der Waals surface area contributed by atoms with Crippen molar-refractivity contribution in [3.8, 4) is 5.75 Å². The van der Waals surface area contributed by atoms with E-state index in [-0.39, 0.29) is 5.91 Å². The number of amides is 1. The van der Waals surface area contributed by atoms with Gasteiger partial charge in [0.05, 0.1) is 19.1 Å². The van der Waals surface area contributed by atoms with E-state index in [1.165, 1.54) is 17.7 Å². The number of hydrogen-bond acceptors (Lipinski definition) is 8. The Labute approximate surface area is 159 Å². The first-order valence-electron chi connectivity index (χ1n) is 8.16. The second-order valence-electron chi connectivity index (χ2n) is 5.49. The number of ether oxygens (including phenoxy) is 2. The van der Waals surface area contributed by atoms with Crippen LogP contribution in [0.25, 0.3) is 10.2 Å². The van der Waals surface area contributed by atoms with Gasteiger partial charge in [0.1, 0.15) is 21.8 Å². The van der Waals surface area contributed by atoms with Gasteiger partial charge in [-0.15, -0.1) is 11.3 Å². The summed E-state index contributed by atoms with van der Waals surface area (Å²) in [4.78, 5) is 33.9. The van der Waals surface area contributed by atoms with Gasteiger partial charge in [0, 0.05) is 5.56 Å². The van der Waals surface area contributed by atoms with Gasteiger partial charge in [0.25, 0.3) is 5.91 Å². The largest absolute Gasteiger partial charge is 0.497 e. The molecule has 0 saturated heterocycles. The maximum absolute atomic E-state index is 12.3. The molecular weight excluding hydrogens is 368 g/mol. The summed E-state index contributed by atoms with van der Waals surface area (Å²) in [5, 5.41) is 0.667. The monoisotopic (exact) mass is 386 g/mol. The average Bonchev–Trinajstić information content (AvgIpc) is 3.04. The van der Waals surface area contributed by atoms with E-state index in [4.69, 9.17) is 9.47 Å². The lowest BCUT2D eigenvalue weighted by Crippen LogP contribution is -2.29. The summed E-state index contributed by atoms with van der Waals surface area (Å²) in [5.74, 6) is 0.345. The van der Waals surface area contributed by atoms with Gasteiger partial charge in [0.2, 0.25) is 0 Å². The van der Waals surface area contributed by atoms with Crippen LogP contribution >= 0.6 is 11.3 Å². The predicted octanol–water partition coefficient (Wildman–Crippen LogP) is 2.94. The van der Waals surface area contributed by atoms with Crippen LogP contribution in [0.4, 0.5) is 5.82 Å². The number of carbonyl (C=O) groups excluding carboxylic acids is 2. The highest BCUT2D eigenvalue weighted by molar-refractivity contribution is 7.20. The number of anilines is 1. The number of hydrazine groups is 1. The van der Waals surface area contributed by atoms with Crippen molar-refractivity contribution in [3.63, 3.8) is 0 Å². The Morgan fingerprint density at radius 2 is 1.93 bits per heavy atom. The van der Waals surface area contributed by atoms with Crippen LogP contribution in [-0.2, 0) is 4.74 Å². The van der Waals surface area contributed by atoms with E-state index < -0.39 is 5.97 Å². The van der Waals surface area contributed by atoms with E-state index in [2.05, 4.69) is 20.8 Å². The van der Waals surface area contributed by atoms with Gasteiger partial charge in [-0.25, -0.2) is 14.8 Å². The molecule has 3 rings (SSSR count). The van der Waals surface area contributed by atoms with Crippen LogP contribution in [0.2, 0.25) is 0 Å². The fourth-order valence-electron chi connectivity index (χ4n) is 2.49. The van der Waals surface area contributed by atoms with Gasteiger partial charge in [0.15, 0.2) is 5.82 Å². The van der Waals surface area contributed by atoms with E-state index in [9.17, 15) is 9.59 Å². The first kappa shape index (κ1) is 18.6. The van der Waals surface area contributed by atoms with Gasteiger partial charge >= 0.3 is 5.97 Å². The molecule has 1 amide bonds. The fraction of sp³-hybridized carbons (Fsp3) is 0.222. The predicted molar refractivity (Wildman–Crippen MR) is 102 cm³/mol. The Morgan fingerprint density at radius 1 is 1.19 bits per heavy atom. The molecule has 9 heteroatoms. The number of esters is 1. The summed E-state index contributed by atoms with van der Waals surface area (Å²) < 4.78 is 10.2. The Morgan fingerprint density at radius 3 is 2.59 bits per heavy atom. The molecule has 0 aliphatic rings. The summed E-state index contributed by atoms with van der Waals surface area (Å²) in [6.45, 7) is 3.84. The molecule has 2 heterocycles. The molecule has 0 radical (unpaired) electrons. The van der Waals surface area contributed by atoms with Crippen molar-refractivity contribution in [1.29, 1.82) is 0 Å². The van der Waals surface area contributed by atoms with Crippen LogP contribution in [0.5, 0.6) is 5.75 Å². The highest BCUT2D eigenvalue weighted by atomic mass is 32.1. The van der Waals surface area contributed by atoms with Crippen molar-refractivity contribution in [2.45, 2.75) is 13.8 Å². The molecule has 2 aromatic heterocycles. The third-order valence-corrected chi connectivity index (χ3v) is 5.01. The van der Waals surface area contributed by atoms with Crippen LogP contribution in [-0.4, -0.2) is 35.6 Å². The van der Waals surface area contributed by atoms with Crippen molar-refractivity contribution in [3.05, 3.63) is 46.6 Å². The third-order valence-electron chi connectivity index (χ3n) is 3.83. The molecule has 0 saturated carbocycles. The first-order chi connectivity index (χ1) is 13.0. The number of thiophene rings is 1. The van der Waals surface area contributed by atoms with Gasteiger partial charge in [-0.05, 0) is 43.7 Å². The lowest BCUT2D eigenvalue weighted by atomic mass is 10.2. The minimum Gasteiger partial charge on any atom is -0.497 e. The summed E-state index contributed by atoms with van der Waals surface area (Å²) in [7, 11) is 1.56. The smallest absolute Gasteiger partial charge is 0.348 e. The van der Waals surface area contributed by atoms with Crippen molar-refractivity contribution in [2.75, 3.05) is 19.1 Å². The van der Waals surface area contributed by atoms with E-state index in [0.29, 0.717) is 44.4 Å². The minimum atomic E-state index is -0.397. The van der Waals surface area contributed by atoms with Crippen molar-refractivity contribution >= 4 is 39.2 Å². The molecule has 0 spiro atoms. The quantitative estimate of drug-likeness (QED) is 0.496. The molecule has 0 aliphatic heterocycles. The molecule has 140 valence electrons. The average molecular weight is 386 g/mol. The number of nitrogens with zero attached hydrogens (tertiary/aromatic N) is 2. The molecular formula is C18H18N4O4S. The summed E-state index contributed by atoms with van der Waals surface area (Å²) in [5.41, 5.74) is 6.58. The SMILES string of the molecule is CCOC(=O)c1sc2ncnc(NNC(=O)c3ccc(OC)cc3)c2c1C. The zero-order valence-electron chi connectivity index (χ0n) is 15.0. The maximum atomic E-state index is 12.3. The highest BCUT2D eigenvalue weighted by Gasteiger charge is 2.20. The Balaban J connectivity index is 1.82. The van der Waals surface area contributed by atoms with Crippen molar-refractivity contribution < 1.29 is 19.1 Å². The Kier molecular flexibility index (Phi) is 5.51. The zero-order chi connectivity index (χ0) is 19.4. The van der Waals surface area contributed by atoms with E-state index in [0.717, 1.165) is 0 Å². The maximum Gasteiger partial charge on any atom is 0.348 e. The van der Waals surface area contributed by atoms with E-state index in [1.807, 2.05) is 0 Å². The molecule has 0 aliphatic carbocycles. The third kappa shape index (κ3) is 3.82. The van der Waals surface area contributed by atoms with E-state index >= 15 is 0 Å². The number of rotatable bonds is 6. The number of benzene rings is 1. The topological polar surface area (TPSA) is 102 Å². The summed E-state index contributed by atoms with van der Waals surface area (Å²) in [6, 6.07) is 6.71. The van der Waals surface area contributed by atoms with Crippen LogP contribution in [0.1, 0.15) is 32.5 Å². The summed E-state index contributed by atoms with van der Waals surface area (Å²) >= 11 is 1.23. The lowest BCUT2D eigenvalue weighted by Gasteiger charge is -2.09. The molecule has 0 unspecified atom stereocenters. The van der Waals surface area contributed by atoms with Crippen LogP contribution in [0.3, 0.4) is 0 Å². The Bertz CT molecular complexity index is 985. The fourth-order valence-corrected chi connectivity index (χ4v) is 3.53. The number of aryl methyl sites for hydroxylation is 1. The molecule has 0 bridgehead atoms. The summed E-state index contributed by atoms with van der Waals surface area (Å²) in [6.07, 6.45) is 1.37. The number of aromatic nitrogens is 2. The second-order valence-corrected chi connectivity index (χ2v) is 6.49. The first-order valence-corrected chi connectivity index (χ1v) is 8.98. The number of fused-ring (bicyclic) bond motifs is 1. The second kappa shape index (κ2) is 8.00. The standard InChI is InChI=1S/C18H18N4O4S/c1-4-26-18(24)14-10(2)13-15(19-9-20-17(13)27-14)21-22-16(23)11-5-7-12(25-3)8-6-11/h5-9H,4H2,1-3H3,(H,22,23)(H,19,20,21). The molecule has 0 atom stereocenters. The van der Waals surface area contributed by atoms with Crippen LogP contribution < -0.4 is 15.6 Å².